The third-order valence-corrected chi connectivity index (χ3v) is 3.91. The van der Waals surface area contributed by atoms with Crippen LogP contribution in [0.1, 0.15) is 45.8 Å². The number of amides is 1. The number of aryl methyl sites for hydroxylation is 3. The van der Waals surface area contributed by atoms with E-state index in [9.17, 15) is 14.4 Å². The summed E-state index contributed by atoms with van der Waals surface area (Å²) in [5, 5.41) is 2.75. The second kappa shape index (κ2) is 7.34. The van der Waals surface area contributed by atoms with Crippen LogP contribution in [-0.4, -0.2) is 28.3 Å². The maximum atomic E-state index is 12.3. The number of hydrogen-bond donors (Lipinski definition) is 1. The van der Waals surface area contributed by atoms with Crippen molar-refractivity contribution < 1.29 is 19.1 Å². The largest absolute Gasteiger partial charge is 0.448 e. The lowest BCUT2D eigenvalue weighted by molar-refractivity contribution is -0.123. The number of nitrogens with zero attached hydrogens (tertiary/aromatic N) is 1. The van der Waals surface area contributed by atoms with Gasteiger partial charge in [0.25, 0.3) is 5.91 Å². The number of benzene rings is 1. The fourth-order valence-corrected chi connectivity index (χ4v) is 2.42. The third-order valence-electron chi connectivity index (χ3n) is 3.91. The van der Waals surface area contributed by atoms with Gasteiger partial charge in [0.05, 0.1) is 0 Å². The maximum Gasteiger partial charge on any atom is 0.355 e. The van der Waals surface area contributed by atoms with Crippen molar-refractivity contribution in [3.8, 4) is 0 Å². The lowest BCUT2D eigenvalue weighted by atomic mass is 10.1. The molecule has 1 aromatic carbocycles. The Morgan fingerprint density at radius 1 is 1.16 bits per heavy atom. The van der Waals surface area contributed by atoms with E-state index < -0.39 is 18.0 Å². The second-order valence-corrected chi connectivity index (χ2v) is 6.14. The number of ketones is 1. The normalized spacial score (nSPS) is 11.7. The highest BCUT2D eigenvalue weighted by Gasteiger charge is 2.22. The van der Waals surface area contributed by atoms with Gasteiger partial charge in [-0.15, -0.1) is 0 Å². The summed E-state index contributed by atoms with van der Waals surface area (Å²) < 4.78 is 6.73. The van der Waals surface area contributed by atoms with Crippen LogP contribution in [0.25, 0.3) is 0 Å². The molecule has 0 aliphatic heterocycles. The Bertz CT molecular complexity index is 836. The predicted molar refractivity (Wildman–Crippen MR) is 94.8 cm³/mol. The third kappa shape index (κ3) is 4.35. The van der Waals surface area contributed by atoms with Crippen molar-refractivity contribution in [3.05, 3.63) is 52.8 Å². The lowest BCUT2D eigenvalue weighted by Crippen LogP contribution is -2.30. The standard InChI is InChI=1S/C19H22N2O4/c1-11-6-7-16(12(2)8-11)20-18(23)14(4)25-19(24)17-9-15(13(3)22)10-21(17)5/h6-10,14H,1-5H3,(H,20,23)/t14-/m1/s1. The molecule has 1 N–H and O–H groups in total. The zero-order valence-corrected chi connectivity index (χ0v) is 15.0. The van der Waals surface area contributed by atoms with E-state index in [4.69, 9.17) is 4.74 Å². The molecule has 1 aromatic heterocycles. The number of nitrogens with one attached hydrogen (secondary N) is 1. The SMILES string of the molecule is CC(=O)c1cc(C(=O)O[C@H](C)C(=O)Nc2ccc(C)cc2C)n(C)c1. The minimum atomic E-state index is -0.969. The first-order valence-electron chi connectivity index (χ1n) is 7.95. The smallest absolute Gasteiger partial charge is 0.355 e. The topological polar surface area (TPSA) is 77.4 Å². The lowest BCUT2D eigenvalue weighted by Gasteiger charge is -2.15. The van der Waals surface area contributed by atoms with Crippen molar-refractivity contribution in [2.75, 3.05) is 5.32 Å². The van der Waals surface area contributed by atoms with Crippen LogP contribution in [0.5, 0.6) is 0 Å². The molecule has 0 spiro atoms. The monoisotopic (exact) mass is 342 g/mol. The van der Waals surface area contributed by atoms with Crippen molar-refractivity contribution in [3.63, 3.8) is 0 Å². The van der Waals surface area contributed by atoms with E-state index in [0.717, 1.165) is 11.1 Å². The highest BCUT2D eigenvalue weighted by Crippen LogP contribution is 2.17. The summed E-state index contributed by atoms with van der Waals surface area (Å²) in [4.78, 5) is 35.9. The molecule has 0 aliphatic rings. The number of ether oxygens (including phenoxy) is 1. The molecule has 1 atom stereocenters. The Morgan fingerprint density at radius 2 is 1.84 bits per heavy atom. The number of rotatable bonds is 5. The molecule has 25 heavy (non-hydrogen) atoms. The molecule has 0 saturated carbocycles. The van der Waals surface area contributed by atoms with E-state index in [0.29, 0.717) is 11.3 Å². The second-order valence-electron chi connectivity index (χ2n) is 6.14. The van der Waals surface area contributed by atoms with Crippen molar-refractivity contribution in [2.24, 2.45) is 7.05 Å². The summed E-state index contributed by atoms with van der Waals surface area (Å²) in [5.74, 6) is -1.21. The summed E-state index contributed by atoms with van der Waals surface area (Å²) in [6, 6.07) is 7.12. The van der Waals surface area contributed by atoms with Crippen molar-refractivity contribution in [1.29, 1.82) is 0 Å². The molecule has 2 rings (SSSR count). The molecular weight excluding hydrogens is 320 g/mol. The summed E-state index contributed by atoms with van der Waals surface area (Å²) in [6.07, 6.45) is 0.586. The Hall–Kier alpha value is -2.89. The fraction of sp³-hybridized carbons (Fsp3) is 0.316. The Kier molecular flexibility index (Phi) is 5.41. The average Bonchev–Trinajstić information content (AvgIpc) is 2.92. The average molecular weight is 342 g/mol. The van der Waals surface area contributed by atoms with Gasteiger partial charge < -0.3 is 14.6 Å². The van der Waals surface area contributed by atoms with Crippen LogP contribution in [0, 0.1) is 13.8 Å². The van der Waals surface area contributed by atoms with Gasteiger partial charge in [0.15, 0.2) is 11.9 Å². The van der Waals surface area contributed by atoms with E-state index in [1.54, 1.807) is 13.2 Å². The van der Waals surface area contributed by atoms with Gasteiger partial charge in [0, 0.05) is 24.5 Å². The van der Waals surface area contributed by atoms with Gasteiger partial charge >= 0.3 is 5.97 Å². The zero-order valence-electron chi connectivity index (χ0n) is 15.0. The molecule has 1 heterocycles. The maximum absolute atomic E-state index is 12.3. The fourth-order valence-electron chi connectivity index (χ4n) is 2.42. The highest BCUT2D eigenvalue weighted by atomic mass is 16.5. The van der Waals surface area contributed by atoms with Crippen molar-refractivity contribution >= 4 is 23.3 Å². The van der Waals surface area contributed by atoms with Gasteiger partial charge in [-0.3, -0.25) is 9.59 Å². The molecule has 0 bridgehead atoms. The molecule has 0 radical (unpaired) electrons. The van der Waals surface area contributed by atoms with Crippen LogP contribution in [0.3, 0.4) is 0 Å². The van der Waals surface area contributed by atoms with Gasteiger partial charge in [-0.05, 0) is 45.4 Å². The first-order chi connectivity index (χ1) is 11.7. The molecule has 0 fully saturated rings. The number of Topliss-reactive ketones (excluding diaryl/α,β-unsaturated/α-hetero) is 1. The van der Waals surface area contributed by atoms with Crippen LogP contribution in [0.4, 0.5) is 5.69 Å². The number of carbonyl (C=O) groups is 3. The highest BCUT2D eigenvalue weighted by molar-refractivity contribution is 5.99. The molecule has 0 saturated heterocycles. The van der Waals surface area contributed by atoms with Gasteiger partial charge in [0.1, 0.15) is 5.69 Å². The molecule has 0 aliphatic carbocycles. The van der Waals surface area contributed by atoms with E-state index in [2.05, 4.69) is 5.32 Å². The molecule has 132 valence electrons. The van der Waals surface area contributed by atoms with E-state index in [1.165, 1.54) is 24.5 Å². The Labute approximate surface area is 146 Å². The summed E-state index contributed by atoms with van der Waals surface area (Å²) in [7, 11) is 1.64. The molecule has 6 nitrogen and oxygen atoms in total. The number of carbonyl (C=O) groups excluding carboxylic acids is 3. The van der Waals surface area contributed by atoms with Gasteiger partial charge in [-0.2, -0.15) is 0 Å². The summed E-state index contributed by atoms with van der Waals surface area (Å²) >= 11 is 0. The van der Waals surface area contributed by atoms with Crippen molar-refractivity contribution in [2.45, 2.75) is 33.8 Å². The number of hydrogen-bond acceptors (Lipinski definition) is 4. The predicted octanol–water partition coefficient (Wildman–Crippen LogP) is 3.03. The van der Waals surface area contributed by atoms with Gasteiger partial charge in [-0.1, -0.05) is 17.7 Å². The number of aromatic nitrogens is 1. The van der Waals surface area contributed by atoms with E-state index >= 15 is 0 Å². The zero-order chi connectivity index (χ0) is 18.7. The van der Waals surface area contributed by atoms with E-state index in [-0.39, 0.29) is 11.5 Å². The first-order valence-corrected chi connectivity index (χ1v) is 7.95. The quantitative estimate of drug-likeness (QED) is 0.669. The van der Waals surface area contributed by atoms with Crippen molar-refractivity contribution in [1.82, 2.24) is 4.57 Å². The first kappa shape index (κ1) is 18.4. The summed E-state index contributed by atoms with van der Waals surface area (Å²) in [6.45, 7) is 6.79. The van der Waals surface area contributed by atoms with Crippen LogP contribution >= 0.6 is 0 Å². The van der Waals surface area contributed by atoms with Gasteiger partial charge in [0.2, 0.25) is 0 Å². The molecular formula is C19H22N2O4. The molecule has 6 heteroatoms. The van der Waals surface area contributed by atoms with E-state index in [1.807, 2.05) is 32.0 Å². The Morgan fingerprint density at radius 3 is 2.40 bits per heavy atom. The van der Waals surface area contributed by atoms with Crippen LogP contribution in [0.2, 0.25) is 0 Å². The molecule has 1 amide bonds. The van der Waals surface area contributed by atoms with Crippen LogP contribution in [-0.2, 0) is 16.6 Å². The number of anilines is 1. The summed E-state index contributed by atoms with van der Waals surface area (Å²) in [5.41, 5.74) is 3.34. The Balaban J connectivity index is 2.05. The van der Waals surface area contributed by atoms with Gasteiger partial charge in [-0.25, -0.2) is 4.79 Å². The minimum Gasteiger partial charge on any atom is -0.448 e. The van der Waals surface area contributed by atoms with Crippen LogP contribution in [0.15, 0.2) is 30.5 Å². The minimum absolute atomic E-state index is 0.143. The van der Waals surface area contributed by atoms with Crippen LogP contribution < -0.4 is 5.32 Å². The molecule has 2 aromatic rings. The molecule has 0 unspecified atom stereocenters. The number of esters is 1.